The van der Waals surface area contributed by atoms with Gasteiger partial charge < -0.3 is 4.98 Å². The van der Waals surface area contributed by atoms with Crippen LogP contribution in [0.4, 0.5) is 5.69 Å². The molecule has 0 aliphatic rings. The number of aromatic amines is 1. The van der Waals surface area contributed by atoms with Crippen LogP contribution in [-0.4, -0.2) is 15.7 Å². The van der Waals surface area contributed by atoms with Gasteiger partial charge in [-0.2, -0.15) is 5.10 Å². The van der Waals surface area contributed by atoms with Crippen molar-refractivity contribution >= 4 is 22.4 Å². The number of benzene rings is 3. The highest BCUT2D eigenvalue weighted by Gasteiger charge is 2.14. The van der Waals surface area contributed by atoms with Gasteiger partial charge in [-0.1, -0.05) is 60.7 Å². The Morgan fingerprint density at radius 2 is 1.50 bits per heavy atom. The topological polar surface area (TPSA) is 70.1 Å². The lowest BCUT2D eigenvalue weighted by molar-refractivity contribution is 1.18. The van der Waals surface area contributed by atoms with Crippen LogP contribution < -0.4 is 11.0 Å². The fourth-order valence-corrected chi connectivity index (χ4v) is 2.67. The van der Waals surface area contributed by atoms with Crippen molar-refractivity contribution in [2.75, 3.05) is 5.43 Å². The van der Waals surface area contributed by atoms with E-state index in [0.717, 1.165) is 11.3 Å². The number of anilines is 1. The molecule has 1 aromatic heterocycles. The molecule has 126 valence electrons. The minimum absolute atomic E-state index is 0.276. The van der Waals surface area contributed by atoms with Crippen LogP contribution in [0.5, 0.6) is 0 Å². The number of para-hydroxylation sites is 3. The summed E-state index contributed by atoms with van der Waals surface area (Å²) in [6.07, 6.45) is 0. The second-order valence-corrected chi connectivity index (χ2v) is 5.74. The van der Waals surface area contributed by atoms with Crippen molar-refractivity contribution in [3.8, 4) is 0 Å². The highest BCUT2D eigenvalue weighted by Crippen LogP contribution is 2.12. The number of fused-ring (bicyclic) bond motifs is 1. The van der Waals surface area contributed by atoms with E-state index in [1.165, 1.54) is 0 Å². The summed E-state index contributed by atoms with van der Waals surface area (Å²) >= 11 is 0. The fraction of sp³-hybridized carbons (Fsp3) is 0. The van der Waals surface area contributed by atoms with Crippen molar-refractivity contribution < 1.29 is 0 Å². The van der Waals surface area contributed by atoms with Crippen molar-refractivity contribution in [3.05, 3.63) is 107 Å². The monoisotopic (exact) mass is 340 g/mol. The summed E-state index contributed by atoms with van der Waals surface area (Å²) in [5.41, 5.74) is 6.55. The molecule has 0 amide bonds. The van der Waals surface area contributed by atoms with Crippen LogP contribution in [0.15, 0.2) is 94.8 Å². The van der Waals surface area contributed by atoms with Gasteiger partial charge in [0.1, 0.15) is 5.71 Å². The van der Waals surface area contributed by atoms with E-state index in [0.29, 0.717) is 16.7 Å². The number of hydrogen-bond acceptors (Lipinski definition) is 4. The van der Waals surface area contributed by atoms with E-state index in [1.807, 2.05) is 84.9 Å². The van der Waals surface area contributed by atoms with E-state index < -0.39 is 0 Å². The summed E-state index contributed by atoms with van der Waals surface area (Å²) in [5, 5.41) is 4.49. The Morgan fingerprint density at radius 1 is 0.846 bits per heavy atom. The number of hydrogen-bond donors (Lipinski definition) is 2. The number of rotatable bonds is 4. The van der Waals surface area contributed by atoms with Crippen molar-refractivity contribution in [2.45, 2.75) is 0 Å². The first-order valence-corrected chi connectivity index (χ1v) is 8.25. The molecule has 4 rings (SSSR count). The van der Waals surface area contributed by atoms with Gasteiger partial charge in [0, 0.05) is 5.56 Å². The van der Waals surface area contributed by atoms with Gasteiger partial charge in [-0.3, -0.25) is 10.2 Å². The molecule has 0 spiro atoms. The van der Waals surface area contributed by atoms with Gasteiger partial charge in [-0.15, -0.1) is 0 Å². The van der Waals surface area contributed by atoms with E-state index in [9.17, 15) is 4.79 Å². The number of hydrazone groups is 1. The Balaban J connectivity index is 1.86. The third-order valence-electron chi connectivity index (χ3n) is 3.94. The molecule has 2 N–H and O–H groups in total. The molecule has 0 atom stereocenters. The molecular formula is C21H16N4O. The summed E-state index contributed by atoms with van der Waals surface area (Å²) in [5.74, 6) is 0. The summed E-state index contributed by atoms with van der Waals surface area (Å²) < 4.78 is 0. The van der Waals surface area contributed by atoms with Crippen molar-refractivity contribution in [2.24, 2.45) is 5.10 Å². The van der Waals surface area contributed by atoms with E-state index in [2.05, 4.69) is 20.5 Å². The Morgan fingerprint density at radius 3 is 2.27 bits per heavy atom. The second kappa shape index (κ2) is 7.03. The Bertz CT molecular complexity index is 1120. The van der Waals surface area contributed by atoms with Gasteiger partial charge in [0.05, 0.1) is 16.7 Å². The standard InChI is InChI=1S/C21H16N4O/c26-21-20(22-17-13-7-8-14-18(17)23-21)19(15-9-3-1-4-10-15)25-24-16-11-5-2-6-12-16/h1-14,24H,(H,23,26)/b25-19+. The predicted octanol–water partition coefficient (Wildman–Crippen LogP) is 3.79. The van der Waals surface area contributed by atoms with Gasteiger partial charge in [0.2, 0.25) is 0 Å². The molecule has 0 unspecified atom stereocenters. The largest absolute Gasteiger partial charge is 0.319 e. The minimum Gasteiger partial charge on any atom is -0.319 e. The molecule has 5 heteroatoms. The first-order chi connectivity index (χ1) is 12.8. The molecule has 1 heterocycles. The van der Waals surface area contributed by atoms with Crippen LogP contribution in [0.25, 0.3) is 11.0 Å². The van der Waals surface area contributed by atoms with Crippen LogP contribution in [0, 0.1) is 0 Å². The maximum Gasteiger partial charge on any atom is 0.276 e. The summed E-state index contributed by atoms with van der Waals surface area (Å²) in [6, 6.07) is 26.6. The summed E-state index contributed by atoms with van der Waals surface area (Å²) in [7, 11) is 0. The Labute approximate surface area is 150 Å². The molecule has 0 saturated carbocycles. The zero-order valence-corrected chi connectivity index (χ0v) is 13.9. The van der Waals surface area contributed by atoms with Crippen molar-refractivity contribution in [1.29, 1.82) is 0 Å². The highest BCUT2D eigenvalue weighted by molar-refractivity contribution is 6.12. The Kier molecular flexibility index (Phi) is 4.26. The molecule has 0 fully saturated rings. The molecule has 5 nitrogen and oxygen atoms in total. The molecule has 0 radical (unpaired) electrons. The zero-order chi connectivity index (χ0) is 17.8. The predicted molar refractivity (Wildman–Crippen MR) is 105 cm³/mol. The zero-order valence-electron chi connectivity index (χ0n) is 13.9. The van der Waals surface area contributed by atoms with Gasteiger partial charge >= 0.3 is 0 Å². The molecule has 0 aliphatic carbocycles. The van der Waals surface area contributed by atoms with Gasteiger partial charge in [-0.05, 0) is 24.3 Å². The lowest BCUT2D eigenvalue weighted by atomic mass is 10.1. The van der Waals surface area contributed by atoms with Crippen LogP contribution in [0.3, 0.4) is 0 Å². The molecule has 3 aromatic carbocycles. The van der Waals surface area contributed by atoms with E-state index in [4.69, 9.17) is 0 Å². The van der Waals surface area contributed by atoms with E-state index in [1.54, 1.807) is 0 Å². The number of aromatic nitrogens is 2. The smallest absolute Gasteiger partial charge is 0.276 e. The SMILES string of the molecule is O=c1[nH]c2ccccc2nc1/C(=N/Nc1ccccc1)c1ccccc1. The van der Waals surface area contributed by atoms with Crippen molar-refractivity contribution in [1.82, 2.24) is 9.97 Å². The highest BCUT2D eigenvalue weighted by atomic mass is 16.1. The maximum atomic E-state index is 12.6. The third-order valence-corrected chi connectivity index (χ3v) is 3.94. The Hall–Kier alpha value is -3.73. The molecule has 0 saturated heterocycles. The molecule has 4 aromatic rings. The van der Waals surface area contributed by atoms with Crippen LogP contribution in [0.1, 0.15) is 11.3 Å². The normalized spacial score (nSPS) is 11.5. The van der Waals surface area contributed by atoms with Crippen LogP contribution in [-0.2, 0) is 0 Å². The van der Waals surface area contributed by atoms with Crippen LogP contribution in [0.2, 0.25) is 0 Å². The minimum atomic E-state index is -0.277. The van der Waals surface area contributed by atoms with E-state index in [-0.39, 0.29) is 11.3 Å². The van der Waals surface area contributed by atoms with Gasteiger partial charge in [-0.25, -0.2) is 4.98 Å². The molecule has 26 heavy (non-hydrogen) atoms. The average molecular weight is 340 g/mol. The molecule has 0 bridgehead atoms. The average Bonchev–Trinajstić information content (AvgIpc) is 2.70. The first kappa shape index (κ1) is 15.8. The number of nitrogens with zero attached hydrogens (tertiary/aromatic N) is 2. The first-order valence-electron chi connectivity index (χ1n) is 8.25. The number of H-pyrrole nitrogens is 1. The quantitative estimate of drug-likeness (QED) is 0.439. The number of nitrogens with one attached hydrogen (secondary N) is 2. The molecule has 0 aliphatic heterocycles. The summed E-state index contributed by atoms with van der Waals surface area (Å²) in [6.45, 7) is 0. The van der Waals surface area contributed by atoms with Crippen molar-refractivity contribution in [3.63, 3.8) is 0 Å². The second-order valence-electron chi connectivity index (χ2n) is 5.74. The third kappa shape index (κ3) is 3.23. The molecular weight excluding hydrogens is 324 g/mol. The van der Waals surface area contributed by atoms with Gasteiger partial charge in [0.15, 0.2) is 5.69 Å². The van der Waals surface area contributed by atoms with Crippen LogP contribution >= 0.6 is 0 Å². The van der Waals surface area contributed by atoms with Gasteiger partial charge in [0.25, 0.3) is 5.56 Å². The fourth-order valence-electron chi connectivity index (χ4n) is 2.67. The maximum absolute atomic E-state index is 12.6. The summed E-state index contributed by atoms with van der Waals surface area (Å²) in [4.78, 5) is 20.1. The lowest BCUT2D eigenvalue weighted by Gasteiger charge is -2.08. The lowest BCUT2D eigenvalue weighted by Crippen LogP contribution is -2.22. The van der Waals surface area contributed by atoms with E-state index >= 15 is 0 Å².